The highest BCUT2D eigenvalue weighted by Crippen LogP contribution is 2.18. The van der Waals surface area contributed by atoms with Gasteiger partial charge in [-0.05, 0) is 13.3 Å². The van der Waals surface area contributed by atoms with Crippen LogP contribution in [0.5, 0.6) is 0 Å². The third kappa shape index (κ3) is 65.2. The summed E-state index contributed by atoms with van der Waals surface area (Å²) in [5, 5.41) is 56.4. The van der Waals surface area contributed by atoms with Gasteiger partial charge in [-0.25, -0.2) is 24.0 Å². The molecule has 14 heteroatoms. The fraction of sp³-hybridized carbons (Fsp3) is 0.381. The lowest BCUT2D eigenvalue weighted by atomic mass is 9.88. The zero-order valence-corrected chi connectivity index (χ0v) is 19.8. The first-order valence-corrected chi connectivity index (χ1v) is 9.26. The van der Waals surface area contributed by atoms with Crippen molar-refractivity contribution in [2.75, 3.05) is 26.4 Å². The monoisotopic (exact) mass is 511 g/mol. The number of aliphatic hydroxyl groups excluding tert-OH is 3. The summed E-state index contributed by atoms with van der Waals surface area (Å²) in [6.45, 7) is 15.3. The number of primary amides is 1. The lowest BCUT2D eigenvalue weighted by Gasteiger charge is -2.24. The van der Waals surface area contributed by atoms with Gasteiger partial charge in [0.05, 0.1) is 26.4 Å². The van der Waals surface area contributed by atoms with Gasteiger partial charge in [0.15, 0.2) is 0 Å². The van der Waals surface area contributed by atoms with E-state index in [4.69, 9.17) is 35.7 Å². The lowest BCUT2D eigenvalue weighted by Crippen LogP contribution is -2.32. The predicted molar refractivity (Wildman–Crippen MR) is 127 cm³/mol. The first-order valence-electron chi connectivity index (χ1n) is 9.26. The maximum Gasteiger partial charge on any atom is 0.404 e. The van der Waals surface area contributed by atoms with Crippen LogP contribution in [-0.4, -0.2) is 92.1 Å². The topological polar surface area (TPSA) is 262 Å². The average molecular weight is 512 g/mol. The van der Waals surface area contributed by atoms with Gasteiger partial charge in [0.1, 0.15) is 0 Å². The normalized spacial score (nSPS) is 8.03. The minimum atomic E-state index is -0.981. The number of carboxylic acids is 4. The number of amides is 1. The highest BCUT2D eigenvalue weighted by Gasteiger charge is 2.24. The standard InChI is InChI=1S/C6H14O3.C3H7NO2.4C3H4O2/c1-2-6(3-7,4-8)5-9;1-2-6-3(4)5;4*1-2-3(4)5/h7-9H,2-5H2,1H3;2H2,1H3,(H2,4,5);4*2H,1H2,(H,4,5). The van der Waals surface area contributed by atoms with Crippen LogP contribution in [0.3, 0.4) is 0 Å². The van der Waals surface area contributed by atoms with Crippen molar-refractivity contribution < 1.29 is 64.5 Å². The second kappa shape index (κ2) is 34.6. The molecule has 0 saturated carbocycles. The van der Waals surface area contributed by atoms with Crippen LogP contribution in [0.15, 0.2) is 50.6 Å². The molecule has 0 unspecified atom stereocenters. The van der Waals surface area contributed by atoms with Gasteiger partial charge < -0.3 is 46.2 Å². The van der Waals surface area contributed by atoms with Crippen LogP contribution in [0.25, 0.3) is 0 Å². The maximum absolute atomic E-state index is 9.60. The van der Waals surface area contributed by atoms with E-state index in [0.29, 0.717) is 13.0 Å². The largest absolute Gasteiger partial charge is 0.478 e. The van der Waals surface area contributed by atoms with Crippen molar-refractivity contribution in [2.45, 2.75) is 20.3 Å². The van der Waals surface area contributed by atoms with E-state index < -0.39 is 35.4 Å². The summed E-state index contributed by atoms with van der Waals surface area (Å²) in [7, 11) is 0. The smallest absolute Gasteiger partial charge is 0.404 e. The molecule has 0 aliphatic heterocycles. The fourth-order valence-corrected chi connectivity index (χ4v) is 0.628. The van der Waals surface area contributed by atoms with Gasteiger partial charge >= 0.3 is 30.0 Å². The minimum absolute atomic E-state index is 0.156. The van der Waals surface area contributed by atoms with Crippen LogP contribution in [0, 0.1) is 5.41 Å². The summed E-state index contributed by atoms with van der Waals surface area (Å²) in [5.74, 6) is -3.93. The summed E-state index contributed by atoms with van der Waals surface area (Å²) in [5.41, 5.74) is 3.88. The first-order chi connectivity index (χ1) is 16.1. The number of nitrogens with two attached hydrogens (primary N) is 1. The van der Waals surface area contributed by atoms with Gasteiger partial charge in [-0.15, -0.1) is 0 Å². The Bertz CT molecular complexity index is 537. The van der Waals surface area contributed by atoms with Crippen molar-refractivity contribution in [3.63, 3.8) is 0 Å². The van der Waals surface area contributed by atoms with Gasteiger partial charge in [0.2, 0.25) is 0 Å². The zero-order chi connectivity index (χ0) is 29.5. The second-order valence-electron chi connectivity index (χ2n) is 5.25. The molecule has 0 rings (SSSR count). The van der Waals surface area contributed by atoms with Crippen molar-refractivity contribution in [1.29, 1.82) is 0 Å². The summed E-state index contributed by atoms with van der Waals surface area (Å²) < 4.78 is 4.18. The Morgan fingerprint density at radius 2 is 0.886 bits per heavy atom. The van der Waals surface area contributed by atoms with Crippen LogP contribution >= 0.6 is 0 Å². The number of hydrogen-bond acceptors (Lipinski definition) is 9. The van der Waals surface area contributed by atoms with E-state index >= 15 is 0 Å². The van der Waals surface area contributed by atoms with Crippen LogP contribution in [0.4, 0.5) is 4.79 Å². The Morgan fingerprint density at radius 1 is 0.686 bits per heavy atom. The molecule has 0 saturated heterocycles. The number of aliphatic carboxylic acids is 4. The molecule has 1 amide bonds. The SMILES string of the molecule is C=CC(=O)O.C=CC(=O)O.C=CC(=O)O.C=CC(=O)O.CCC(CO)(CO)CO.CCOC(N)=O. The predicted octanol–water partition coefficient (Wildman–Crippen LogP) is 0.489. The lowest BCUT2D eigenvalue weighted by molar-refractivity contribution is -0.132. The number of rotatable bonds is 9. The van der Waals surface area contributed by atoms with Gasteiger partial charge in [-0.2, -0.15) is 0 Å². The number of carbonyl (C=O) groups is 5. The molecule has 0 bridgehead atoms. The summed E-state index contributed by atoms with van der Waals surface area (Å²) in [6, 6.07) is 0. The molecule has 0 spiro atoms. The molecule has 0 aromatic heterocycles. The molecule has 0 aliphatic carbocycles. The number of aliphatic hydroxyl groups is 3. The van der Waals surface area contributed by atoms with Gasteiger partial charge in [0.25, 0.3) is 0 Å². The number of carboxylic acid groups (broad SMARTS) is 4. The maximum atomic E-state index is 9.60. The van der Waals surface area contributed by atoms with Crippen molar-refractivity contribution in [3.05, 3.63) is 50.6 Å². The molecule has 204 valence electrons. The van der Waals surface area contributed by atoms with E-state index in [9.17, 15) is 24.0 Å². The Hall–Kier alpha value is -4.01. The minimum Gasteiger partial charge on any atom is -0.478 e. The number of carbonyl (C=O) groups excluding carboxylic acids is 1. The molecule has 0 atom stereocenters. The summed E-state index contributed by atoms with van der Waals surface area (Å²) in [6.07, 6.45) is 3.22. The summed E-state index contributed by atoms with van der Waals surface area (Å²) in [4.78, 5) is 46.6. The fourth-order valence-electron chi connectivity index (χ4n) is 0.628. The van der Waals surface area contributed by atoms with Gasteiger partial charge in [-0.3, -0.25) is 0 Å². The quantitative estimate of drug-likeness (QED) is 0.196. The number of ether oxygens (including phenoxy) is 1. The Morgan fingerprint density at radius 3 is 0.886 bits per heavy atom. The molecule has 0 aromatic rings. The summed E-state index contributed by atoms with van der Waals surface area (Å²) >= 11 is 0. The van der Waals surface area contributed by atoms with Gasteiger partial charge in [-0.1, -0.05) is 33.2 Å². The Balaban J connectivity index is -0.0000000735. The van der Waals surface area contributed by atoms with Crippen molar-refractivity contribution >= 4 is 30.0 Å². The van der Waals surface area contributed by atoms with E-state index in [1.54, 1.807) is 6.92 Å². The van der Waals surface area contributed by atoms with E-state index in [2.05, 4.69) is 36.8 Å². The molecule has 14 nitrogen and oxygen atoms in total. The van der Waals surface area contributed by atoms with Crippen LogP contribution in [-0.2, 0) is 23.9 Å². The zero-order valence-electron chi connectivity index (χ0n) is 19.8. The molecule has 0 fully saturated rings. The molecule has 0 aliphatic rings. The molecule has 0 aromatic carbocycles. The Labute approximate surface area is 203 Å². The van der Waals surface area contributed by atoms with Gasteiger partial charge in [0, 0.05) is 29.7 Å². The molecule has 35 heavy (non-hydrogen) atoms. The Kier molecular flexibility index (Phi) is 44.1. The highest BCUT2D eigenvalue weighted by atomic mass is 16.5. The molecule has 0 radical (unpaired) electrons. The third-order valence-electron chi connectivity index (χ3n) is 2.74. The van der Waals surface area contributed by atoms with E-state index in [1.807, 2.05) is 6.92 Å². The van der Waals surface area contributed by atoms with Crippen molar-refractivity contribution in [2.24, 2.45) is 11.1 Å². The average Bonchev–Trinajstić information content (AvgIpc) is 2.82. The highest BCUT2D eigenvalue weighted by molar-refractivity contribution is 5.79. The first kappa shape index (κ1) is 44.6. The number of hydrogen-bond donors (Lipinski definition) is 8. The molecule has 9 N–H and O–H groups in total. The van der Waals surface area contributed by atoms with E-state index in [-0.39, 0.29) is 19.8 Å². The third-order valence-corrected chi connectivity index (χ3v) is 2.74. The van der Waals surface area contributed by atoms with Crippen LogP contribution in [0.1, 0.15) is 20.3 Å². The molecular weight excluding hydrogens is 474 g/mol. The van der Waals surface area contributed by atoms with Crippen molar-refractivity contribution in [3.8, 4) is 0 Å². The van der Waals surface area contributed by atoms with Crippen LogP contribution < -0.4 is 5.73 Å². The molecular formula is C21H37NO13. The van der Waals surface area contributed by atoms with E-state index in [0.717, 1.165) is 24.3 Å². The second-order valence-corrected chi connectivity index (χ2v) is 5.25. The van der Waals surface area contributed by atoms with Crippen LogP contribution in [0.2, 0.25) is 0 Å². The van der Waals surface area contributed by atoms with E-state index in [1.165, 1.54) is 0 Å². The molecule has 0 heterocycles. The van der Waals surface area contributed by atoms with Crippen molar-refractivity contribution in [1.82, 2.24) is 0 Å².